The first kappa shape index (κ1) is 25.0. The highest BCUT2D eigenvalue weighted by Crippen LogP contribution is 2.45. The standard InChI is InChI=1S/C27H35N7O4/c1-32-9-11-33(12-10-32)26(36)18-7-5-17(6-8-18)23-22-24(30-29-23)19-3-2-4-20(21(19)25(22)35)28-27(37)31-34-13-15-38-16-14-34/h2-4,17-18H,5-16H2,1H3,(H,29,30)(H2,28,31,37)/t17-,18-. The Bertz CT molecular complexity index is 1220. The van der Waals surface area contributed by atoms with Crippen LogP contribution in [0.1, 0.15) is 53.2 Å². The van der Waals surface area contributed by atoms with Crippen LogP contribution in [0.15, 0.2) is 18.2 Å². The summed E-state index contributed by atoms with van der Waals surface area (Å²) in [6.45, 7) is 5.81. The molecule has 2 aliphatic carbocycles. The molecule has 0 atom stereocenters. The van der Waals surface area contributed by atoms with Gasteiger partial charge in [0.15, 0.2) is 5.78 Å². The molecule has 0 spiro atoms. The molecule has 0 bridgehead atoms. The molecule has 0 unspecified atom stereocenters. The number of piperazine rings is 1. The number of nitrogens with zero attached hydrogens (tertiary/aromatic N) is 4. The van der Waals surface area contributed by atoms with Crippen LogP contribution in [0.4, 0.5) is 10.5 Å². The van der Waals surface area contributed by atoms with E-state index in [2.05, 4.69) is 32.9 Å². The molecule has 4 aliphatic rings. The molecule has 0 radical (unpaired) electrons. The number of anilines is 1. The number of H-pyrrole nitrogens is 1. The first-order valence-electron chi connectivity index (χ1n) is 13.6. The number of amides is 3. The number of morpholine rings is 1. The topological polar surface area (TPSA) is 123 Å². The lowest BCUT2D eigenvalue weighted by Crippen LogP contribution is -2.49. The lowest BCUT2D eigenvalue weighted by Gasteiger charge is -2.36. The molecule has 6 rings (SSSR count). The van der Waals surface area contributed by atoms with Gasteiger partial charge in [0.25, 0.3) is 0 Å². The number of ketones is 1. The fourth-order valence-electron chi connectivity index (χ4n) is 6.18. The summed E-state index contributed by atoms with van der Waals surface area (Å²) in [6.07, 6.45) is 3.29. The van der Waals surface area contributed by atoms with Crippen LogP contribution >= 0.6 is 0 Å². The third kappa shape index (κ3) is 4.70. The molecule has 1 aromatic carbocycles. The van der Waals surface area contributed by atoms with Crippen molar-refractivity contribution >= 4 is 23.4 Å². The van der Waals surface area contributed by atoms with Crippen molar-refractivity contribution in [3.8, 4) is 11.3 Å². The molecular formula is C27H35N7O4. The Balaban J connectivity index is 1.13. The minimum Gasteiger partial charge on any atom is -0.379 e. The summed E-state index contributed by atoms with van der Waals surface area (Å²) in [5, 5.41) is 12.4. The van der Waals surface area contributed by atoms with Gasteiger partial charge in [-0.25, -0.2) is 9.80 Å². The second-order valence-electron chi connectivity index (χ2n) is 10.8. The lowest BCUT2D eigenvalue weighted by molar-refractivity contribution is -0.138. The maximum absolute atomic E-state index is 13.7. The number of aromatic nitrogens is 2. The zero-order valence-corrected chi connectivity index (χ0v) is 21.8. The van der Waals surface area contributed by atoms with Crippen LogP contribution in [0, 0.1) is 5.92 Å². The number of urea groups is 1. The van der Waals surface area contributed by atoms with Crippen molar-refractivity contribution in [2.75, 3.05) is 64.8 Å². The molecule has 3 fully saturated rings. The van der Waals surface area contributed by atoms with Crippen LogP contribution in [-0.2, 0) is 9.53 Å². The van der Waals surface area contributed by atoms with Gasteiger partial charge in [-0.05, 0) is 38.8 Å². The summed E-state index contributed by atoms with van der Waals surface area (Å²) in [7, 11) is 2.09. The smallest absolute Gasteiger partial charge is 0.333 e. The van der Waals surface area contributed by atoms with Crippen LogP contribution in [0.2, 0.25) is 0 Å². The molecule has 2 aliphatic heterocycles. The predicted octanol–water partition coefficient (Wildman–Crippen LogP) is 2.04. The summed E-state index contributed by atoms with van der Waals surface area (Å²) < 4.78 is 5.32. The van der Waals surface area contributed by atoms with Gasteiger partial charge in [0, 0.05) is 56.7 Å². The van der Waals surface area contributed by atoms with Crippen LogP contribution in [0.3, 0.4) is 0 Å². The number of hydrogen-bond donors (Lipinski definition) is 3. The molecule has 11 heteroatoms. The third-order valence-corrected chi connectivity index (χ3v) is 8.38. The van der Waals surface area contributed by atoms with Gasteiger partial charge in [-0.2, -0.15) is 5.10 Å². The summed E-state index contributed by atoms with van der Waals surface area (Å²) in [5.74, 6) is 0.344. The number of rotatable bonds is 4. The van der Waals surface area contributed by atoms with Crippen LogP contribution < -0.4 is 10.7 Å². The number of likely N-dealkylation sites (N-methyl/N-ethyl adjacent to an activating group) is 1. The Hall–Kier alpha value is -3.28. The van der Waals surface area contributed by atoms with Gasteiger partial charge >= 0.3 is 6.03 Å². The predicted molar refractivity (Wildman–Crippen MR) is 141 cm³/mol. The third-order valence-electron chi connectivity index (χ3n) is 8.38. The van der Waals surface area contributed by atoms with E-state index < -0.39 is 0 Å². The van der Waals surface area contributed by atoms with E-state index in [0.29, 0.717) is 48.8 Å². The summed E-state index contributed by atoms with van der Waals surface area (Å²) in [6, 6.07) is 5.09. The van der Waals surface area contributed by atoms with Gasteiger partial charge in [-0.1, -0.05) is 12.1 Å². The Morgan fingerprint density at radius 2 is 1.74 bits per heavy atom. The number of hydrogen-bond acceptors (Lipinski definition) is 7. The highest BCUT2D eigenvalue weighted by molar-refractivity contribution is 6.25. The van der Waals surface area contributed by atoms with Crippen LogP contribution in [0.5, 0.6) is 0 Å². The molecule has 11 nitrogen and oxygen atoms in total. The minimum absolute atomic E-state index is 0.0512. The number of benzene rings is 1. The van der Waals surface area contributed by atoms with Gasteiger partial charge in [-0.3, -0.25) is 20.1 Å². The normalized spacial score (nSPS) is 24.1. The second-order valence-corrected chi connectivity index (χ2v) is 10.8. The Kier molecular flexibility index (Phi) is 6.89. The van der Waals surface area contributed by atoms with Gasteiger partial charge in [-0.15, -0.1) is 0 Å². The zero-order chi connectivity index (χ0) is 26.2. The number of fused-ring (bicyclic) bond motifs is 3. The van der Waals surface area contributed by atoms with E-state index in [1.165, 1.54) is 0 Å². The number of aromatic amines is 1. The van der Waals surface area contributed by atoms with Gasteiger partial charge in [0.2, 0.25) is 5.91 Å². The van der Waals surface area contributed by atoms with E-state index in [4.69, 9.17) is 4.74 Å². The van der Waals surface area contributed by atoms with Crippen molar-refractivity contribution in [1.82, 2.24) is 30.4 Å². The maximum atomic E-state index is 13.7. The Labute approximate surface area is 221 Å². The molecule has 1 aromatic heterocycles. The highest BCUT2D eigenvalue weighted by atomic mass is 16.5. The Morgan fingerprint density at radius 1 is 1.00 bits per heavy atom. The van der Waals surface area contributed by atoms with Crippen molar-refractivity contribution in [3.63, 3.8) is 0 Å². The summed E-state index contributed by atoms with van der Waals surface area (Å²) in [5.41, 5.74) is 6.67. The second kappa shape index (κ2) is 10.5. The van der Waals surface area contributed by atoms with E-state index >= 15 is 0 Å². The molecule has 202 valence electrons. The highest BCUT2D eigenvalue weighted by Gasteiger charge is 2.39. The molecular weight excluding hydrogens is 486 g/mol. The van der Waals surface area contributed by atoms with Crippen molar-refractivity contribution in [2.45, 2.75) is 31.6 Å². The average Bonchev–Trinajstić information content (AvgIpc) is 3.49. The van der Waals surface area contributed by atoms with E-state index in [1.54, 1.807) is 11.1 Å². The zero-order valence-electron chi connectivity index (χ0n) is 21.8. The van der Waals surface area contributed by atoms with Crippen LogP contribution in [-0.4, -0.2) is 102 Å². The number of ether oxygens (including phenoxy) is 1. The number of hydrazine groups is 1. The Morgan fingerprint density at radius 3 is 2.47 bits per heavy atom. The molecule has 2 saturated heterocycles. The first-order chi connectivity index (χ1) is 18.5. The van der Waals surface area contributed by atoms with E-state index in [-0.39, 0.29) is 29.6 Å². The van der Waals surface area contributed by atoms with Crippen molar-refractivity contribution in [3.05, 3.63) is 35.0 Å². The summed E-state index contributed by atoms with van der Waals surface area (Å²) in [4.78, 5) is 43.7. The van der Waals surface area contributed by atoms with Crippen LogP contribution in [0.25, 0.3) is 11.3 Å². The van der Waals surface area contributed by atoms with E-state index in [1.807, 2.05) is 17.0 Å². The minimum atomic E-state index is -0.384. The monoisotopic (exact) mass is 521 g/mol. The van der Waals surface area contributed by atoms with Crippen molar-refractivity contribution in [2.24, 2.45) is 5.92 Å². The molecule has 1 saturated carbocycles. The molecule has 2 aromatic rings. The largest absolute Gasteiger partial charge is 0.379 e. The first-order valence-corrected chi connectivity index (χ1v) is 13.6. The van der Waals surface area contributed by atoms with E-state index in [9.17, 15) is 14.4 Å². The quantitative estimate of drug-likeness (QED) is 0.480. The van der Waals surface area contributed by atoms with Crippen molar-refractivity contribution in [1.29, 1.82) is 0 Å². The maximum Gasteiger partial charge on any atom is 0.333 e. The molecule has 3 heterocycles. The summed E-state index contributed by atoms with van der Waals surface area (Å²) >= 11 is 0. The fourth-order valence-corrected chi connectivity index (χ4v) is 6.18. The molecule has 3 N–H and O–H groups in total. The van der Waals surface area contributed by atoms with Crippen molar-refractivity contribution < 1.29 is 19.1 Å². The van der Waals surface area contributed by atoms with Gasteiger partial charge < -0.3 is 19.9 Å². The van der Waals surface area contributed by atoms with Gasteiger partial charge in [0.1, 0.15) is 0 Å². The fraction of sp³-hybridized carbons (Fsp3) is 0.556. The van der Waals surface area contributed by atoms with Gasteiger partial charge in [0.05, 0.1) is 41.4 Å². The molecule has 38 heavy (non-hydrogen) atoms. The van der Waals surface area contributed by atoms with E-state index in [0.717, 1.165) is 63.1 Å². The number of nitrogens with one attached hydrogen (secondary N) is 3. The lowest BCUT2D eigenvalue weighted by atomic mass is 9.78. The average molecular weight is 522 g/mol. The molecule has 3 amide bonds. The number of carbonyl (C=O) groups excluding carboxylic acids is 3. The SMILES string of the molecule is CN1CCN(C(=O)[C@H]2CC[C@H](c3n[nH]c4c3C(=O)c3c(NC(=O)NN5CCOCC5)cccc3-4)CC2)CC1. The number of carbonyl (C=O) groups is 3.